The first-order chi connectivity index (χ1) is 15.2. The van der Waals surface area contributed by atoms with E-state index < -0.39 is 29.6 Å². The Morgan fingerprint density at radius 2 is 1.88 bits per heavy atom. The summed E-state index contributed by atoms with van der Waals surface area (Å²) in [6.45, 7) is 4.72. The van der Waals surface area contributed by atoms with Gasteiger partial charge in [-0.05, 0) is 37.5 Å². The molecule has 0 saturated heterocycles. The van der Waals surface area contributed by atoms with Crippen molar-refractivity contribution in [3.05, 3.63) is 48.1 Å². The molecule has 0 aliphatic heterocycles. The minimum Gasteiger partial charge on any atom is -0.469 e. The molecule has 0 aromatic carbocycles. The fourth-order valence-corrected chi connectivity index (χ4v) is 3.32. The van der Waals surface area contributed by atoms with Crippen LogP contribution in [0.25, 0.3) is 0 Å². The zero-order valence-corrected chi connectivity index (χ0v) is 19.4. The maximum atomic E-state index is 12.5. The normalized spacial score (nSPS) is 20.2. The van der Waals surface area contributed by atoms with Gasteiger partial charge in [-0.25, -0.2) is 0 Å². The second kappa shape index (κ2) is 14.2. The third-order valence-electron chi connectivity index (χ3n) is 4.88. The van der Waals surface area contributed by atoms with Crippen molar-refractivity contribution in [2.75, 3.05) is 7.11 Å². The number of esters is 3. The first-order valence-electron chi connectivity index (χ1n) is 10.9. The largest absolute Gasteiger partial charge is 0.469 e. The summed E-state index contributed by atoms with van der Waals surface area (Å²) in [6, 6.07) is 0. The van der Waals surface area contributed by atoms with Crippen molar-refractivity contribution >= 4 is 23.7 Å². The zero-order chi connectivity index (χ0) is 24.0. The van der Waals surface area contributed by atoms with Crippen LogP contribution in [0.2, 0.25) is 0 Å². The van der Waals surface area contributed by atoms with Gasteiger partial charge < -0.3 is 14.2 Å². The van der Waals surface area contributed by atoms with Crippen molar-refractivity contribution in [3.63, 3.8) is 0 Å². The summed E-state index contributed by atoms with van der Waals surface area (Å²) in [5, 5.41) is 0. The SMILES string of the molecule is CCCCC/C=C\CC1(OC(C)=O)C=CC(=O)/C1=C/C=C/[C@@H](CCC(=O)OC)OC(C)=O. The molecular weight excluding hydrogens is 412 g/mol. The van der Waals surface area contributed by atoms with Gasteiger partial charge in [0.2, 0.25) is 0 Å². The van der Waals surface area contributed by atoms with Crippen LogP contribution >= 0.6 is 0 Å². The Kier molecular flexibility index (Phi) is 12.0. The Balaban J connectivity index is 3.02. The average Bonchev–Trinajstić information content (AvgIpc) is 3.03. The van der Waals surface area contributed by atoms with E-state index in [1.165, 1.54) is 27.0 Å². The number of ether oxygens (including phenoxy) is 3. The van der Waals surface area contributed by atoms with E-state index in [2.05, 4.69) is 11.7 Å². The minimum absolute atomic E-state index is 0.0794. The molecule has 7 heteroatoms. The molecule has 0 bridgehead atoms. The van der Waals surface area contributed by atoms with Crippen molar-refractivity contribution in [1.29, 1.82) is 0 Å². The van der Waals surface area contributed by atoms with Gasteiger partial charge in [0.1, 0.15) is 6.10 Å². The number of methoxy groups -OCH3 is 1. The van der Waals surface area contributed by atoms with E-state index in [1.807, 2.05) is 12.2 Å². The van der Waals surface area contributed by atoms with Gasteiger partial charge in [0.05, 0.1) is 7.11 Å². The second-order valence-corrected chi connectivity index (χ2v) is 7.58. The van der Waals surface area contributed by atoms with Crippen molar-refractivity contribution < 1.29 is 33.4 Å². The highest BCUT2D eigenvalue weighted by molar-refractivity contribution is 6.09. The fourth-order valence-electron chi connectivity index (χ4n) is 3.32. The van der Waals surface area contributed by atoms with Crippen molar-refractivity contribution in [3.8, 4) is 0 Å². The lowest BCUT2D eigenvalue weighted by Crippen LogP contribution is -2.33. The van der Waals surface area contributed by atoms with Crippen LogP contribution in [-0.2, 0) is 33.4 Å². The summed E-state index contributed by atoms with van der Waals surface area (Å²) in [5.74, 6) is -1.65. The van der Waals surface area contributed by atoms with E-state index in [1.54, 1.807) is 24.3 Å². The standard InChI is InChI=1S/C25H34O7/c1-5-6-7-8-9-10-17-25(32-20(3)27)18-16-23(28)22(25)13-11-12-21(31-19(2)26)14-15-24(29)30-4/h9-13,16,18,21H,5-8,14-15,17H2,1-4H3/b10-9-,12-11+,22-13-/t21-,25?/m0/s1. The molecule has 2 atom stereocenters. The summed E-state index contributed by atoms with van der Waals surface area (Å²) in [4.78, 5) is 47.0. The predicted molar refractivity (Wildman–Crippen MR) is 121 cm³/mol. The molecule has 0 saturated carbocycles. The number of unbranched alkanes of at least 4 members (excludes halogenated alkanes) is 3. The molecule has 1 aliphatic rings. The molecule has 7 nitrogen and oxygen atoms in total. The Morgan fingerprint density at radius 1 is 1.12 bits per heavy atom. The van der Waals surface area contributed by atoms with Crippen LogP contribution in [0.1, 0.15) is 65.7 Å². The Morgan fingerprint density at radius 3 is 2.50 bits per heavy atom. The number of carbonyl (C=O) groups excluding carboxylic acids is 4. The molecule has 0 fully saturated rings. The van der Waals surface area contributed by atoms with E-state index in [-0.39, 0.29) is 18.6 Å². The van der Waals surface area contributed by atoms with E-state index in [0.717, 1.165) is 25.7 Å². The van der Waals surface area contributed by atoms with Crippen LogP contribution in [0, 0.1) is 0 Å². The van der Waals surface area contributed by atoms with Gasteiger partial charge in [0.25, 0.3) is 0 Å². The molecule has 0 heterocycles. The highest BCUT2D eigenvalue weighted by Gasteiger charge is 2.41. The van der Waals surface area contributed by atoms with Gasteiger partial charge in [0, 0.05) is 32.3 Å². The van der Waals surface area contributed by atoms with Gasteiger partial charge in [-0.15, -0.1) is 0 Å². The number of carbonyl (C=O) groups is 4. The molecule has 1 rings (SSSR count). The first kappa shape index (κ1) is 27.1. The van der Waals surface area contributed by atoms with Crippen LogP contribution in [0.4, 0.5) is 0 Å². The van der Waals surface area contributed by atoms with Crippen LogP contribution in [-0.4, -0.2) is 42.5 Å². The summed E-state index contributed by atoms with van der Waals surface area (Å²) < 4.78 is 15.4. The van der Waals surface area contributed by atoms with E-state index >= 15 is 0 Å². The van der Waals surface area contributed by atoms with Crippen LogP contribution in [0.15, 0.2) is 48.1 Å². The van der Waals surface area contributed by atoms with Crippen LogP contribution in [0.5, 0.6) is 0 Å². The fraction of sp³-hybridized carbons (Fsp3) is 0.520. The maximum absolute atomic E-state index is 12.5. The number of hydrogen-bond acceptors (Lipinski definition) is 7. The molecule has 0 aromatic rings. The lowest BCUT2D eigenvalue weighted by atomic mass is 9.91. The van der Waals surface area contributed by atoms with Gasteiger partial charge in [-0.3, -0.25) is 19.2 Å². The first-order valence-corrected chi connectivity index (χ1v) is 10.9. The van der Waals surface area contributed by atoms with Crippen LogP contribution < -0.4 is 0 Å². The Bertz CT molecular complexity index is 788. The van der Waals surface area contributed by atoms with Crippen molar-refractivity contribution in [2.45, 2.75) is 77.4 Å². The average molecular weight is 447 g/mol. The zero-order valence-electron chi connectivity index (χ0n) is 19.4. The summed E-state index contributed by atoms with van der Waals surface area (Å²) in [5.41, 5.74) is -0.853. The summed E-state index contributed by atoms with van der Waals surface area (Å²) >= 11 is 0. The smallest absolute Gasteiger partial charge is 0.305 e. The van der Waals surface area contributed by atoms with Crippen molar-refractivity contribution in [1.82, 2.24) is 0 Å². The lowest BCUT2D eigenvalue weighted by Gasteiger charge is -2.27. The highest BCUT2D eigenvalue weighted by atomic mass is 16.6. The van der Waals surface area contributed by atoms with Crippen LogP contribution in [0.3, 0.4) is 0 Å². The monoisotopic (exact) mass is 446 g/mol. The van der Waals surface area contributed by atoms with E-state index in [0.29, 0.717) is 12.0 Å². The quantitative estimate of drug-likeness (QED) is 0.137. The number of allylic oxidation sites excluding steroid dienone is 4. The molecule has 0 aromatic heterocycles. The molecule has 0 N–H and O–H groups in total. The number of ketones is 1. The predicted octanol–water partition coefficient (Wildman–Crippen LogP) is 4.32. The molecule has 176 valence electrons. The maximum Gasteiger partial charge on any atom is 0.305 e. The van der Waals surface area contributed by atoms with E-state index in [9.17, 15) is 19.2 Å². The van der Waals surface area contributed by atoms with Gasteiger partial charge >= 0.3 is 17.9 Å². The molecule has 1 aliphatic carbocycles. The molecule has 0 spiro atoms. The minimum atomic E-state index is -1.17. The molecule has 32 heavy (non-hydrogen) atoms. The lowest BCUT2D eigenvalue weighted by molar-refractivity contribution is -0.149. The summed E-state index contributed by atoms with van der Waals surface area (Å²) in [7, 11) is 1.29. The molecule has 1 unspecified atom stereocenters. The van der Waals surface area contributed by atoms with Gasteiger partial charge in [-0.1, -0.05) is 44.1 Å². The second-order valence-electron chi connectivity index (χ2n) is 7.58. The molecular formula is C25H34O7. The number of rotatable bonds is 13. The third-order valence-corrected chi connectivity index (χ3v) is 4.88. The van der Waals surface area contributed by atoms with Gasteiger partial charge in [0.15, 0.2) is 11.4 Å². The van der Waals surface area contributed by atoms with E-state index in [4.69, 9.17) is 9.47 Å². The topological polar surface area (TPSA) is 96.0 Å². The molecule has 0 radical (unpaired) electrons. The Labute approximate surface area is 190 Å². The highest BCUT2D eigenvalue weighted by Crippen LogP contribution is 2.34. The summed E-state index contributed by atoms with van der Waals surface area (Å²) in [6.07, 6.45) is 16.0. The van der Waals surface area contributed by atoms with Gasteiger partial charge in [-0.2, -0.15) is 0 Å². The Hall–Kier alpha value is -2.96. The number of hydrogen-bond donors (Lipinski definition) is 0. The van der Waals surface area contributed by atoms with Crippen molar-refractivity contribution in [2.24, 2.45) is 0 Å². The molecule has 0 amide bonds. The third kappa shape index (κ3) is 9.45.